The average molecular weight is 286 g/mol. The van der Waals surface area contributed by atoms with Crippen LogP contribution in [0.1, 0.15) is 17.4 Å². The Kier molecular flexibility index (Phi) is 5.60. The van der Waals surface area contributed by atoms with E-state index in [1.54, 1.807) is 11.3 Å². The van der Waals surface area contributed by atoms with Gasteiger partial charge in [0.25, 0.3) is 0 Å². The highest BCUT2D eigenvalue weighted by atomic mass is 32.1. The molecular weight excluding hydrogens is 268 g/mol. The van der Waals surface area contributed by atoms with Crippen LogP contribution in [-0.2, 0) is 13.0 Å². The summed E-state index contributed by atoms with van der Waals surface area (Å²) in [5, 5.41) is 14.1. The lowest BCUT2D eigenvalue weighted by atomic mass is 10.1. The minimum atomic E-state index is 0.0890. The molecule has 1 heterocycles. The van der Waals surface area contributed by atoms with Gasteiger partial charge >= 0.3 is 0 Å². The van der Waals surface area contributed by atoms with Crippen molar-refractivity contribution in [3.63, 3.8) is 0 Å². The van der Waals surface area contributed by atoms with Crippen molar-refractivity contribution in [2.24, 2.45) is 0 Å². The molecule has 0 aliphatic rings. The average Bonchev–Trinajstić information content (AvgIpc) is 2.96. The third-order valence-electron chi connectivity index (χ3n) is 2.94. The van der Waals surface area contributed by atoms with Crippen LogP contribution in [0.2, 0.25) is 0 Å². The first-order chi connectivity index (χ1) is 9.78. The SMILES string of the molecule is CC(Cc1cccs1)NCc1cccc(OCC#N)c1. The van der Waals surface area contributed by atoms with Gasteiger partial charge in [0.1, 0.15) is 11.8 Å². The van der Waals surface area contributed by atoms with Crippen LogP contribution in [0.15, 0.2) is 41.8 Å². The summed E-state index contributed by atoms with van der Waals surface area (Å²) < 4.78 is 5.30. The van der Waals surface area contributed by atoms with Crippen molar-refractivity contribution in [3.05, 3.63) is 52.2 Å². The van der Waals surface area contributed by atoms with E-state index in [-0.39, 0.29) is 6.61 Å². The van der Waals surface area contributed by atoms with Gasteiger partial charge in [0.05, 0.1) is 0 Å². The first-order valence-corrected chi connectivity index (χ1v) is 7.50. The third-order valence-corrected chi connectivity index (χ3v) is 3.84. The fourth-order valence-corrected chi connectivity index (χ4v) is 2.79. The zero-order valence-corrected chi connectivity index (χ0v) is 12.3. The molecule has 4 heteroatoms. The zero-order valence-electron chi connectivity index (χ0n) is 11.5. The third kappa shape index (κ3) is 4.69. The number of nitrogens with zero attached hydrogens (tertiary/aromatic N) is 1. The van der Waals surface area contributed by atoms with E-state index in [2.05, 4.69) is 35.8 Å². The van der Waals surface area contributed by atoms with Crippen LogP contribution in [0.4, 0.5) is 0 Å². The van der Waals surface area contributed by atoms with E-state index in [0.29, 0.717) is 6.04 Å². The Morgan fingerprint density at radius 2 is 2.25 bits per heavy atom. The van der Waals surface area contributed by atoms with Gasteiger partial charge in [-0.05, 0) is 42.5 Å². The minimum Gasteiger partial charge on any atom is -0.479 e. The molecule has 0 spiro atoms. The topological polar surface area (TPSA) is 45.0 Å². The van der Waals surface area contributed by atoms with Crippen LogP contribution in [0, 0.1) is 11.3 Å². The normalized spacial score (nSPS) is 11.8. The monoisotopic (exact) mass is 286 g/mol. The lowest BCUT2D eigenvalue weighted by molar-refractivity contribution is 0.367. The molecule has 1 atom stereocenters. The lowest BCUT2D eigenvalue weighted by Crippen LogP contribution is -2.27. The smallest absolute Gasteiger partial charge is 0.174 e. The highest BCUT2D eigenvalue weighted by Gasteiger charge is 2.04. The van der Waals surface area contributed by atoms with Gasteiger partial charge < -0.3 is 10.1 Å². The summed E-state index contributed by atoms with van der Waals surface area (Å²) in [5.74, 6) is 0.747. The molecule has 1 N–H and O–H groups in total. The van der Waals surface area contributed by atoms with Gasteiger partial charge in [0.2, 0.25) is 0 Å². The van der Waals surface area contributed by atoms with Crippen molar-refractivity contribution in [1.29, 1.82) is 5.26 Å². The number of ether oxygens (including phenoxy) is 1. The second-order valence-corrected chi connectivity index (χ2v) is 5.69. The Hall–Kier alpha value is -1.83. The molecule has 0 aliphatic carbocycles. The number of thiophene rings is 1. The molecule has 0 saturated carbocycles. The van der Waals surface area contributed by atoms with Crippen molar-refractivity contribution in [1.82, 2.24) is 5.32 Å². The molecule has 0 saturated heterocycles. The summed E-state index contributed by atoms with van der Waals surface area (Å²) >= 11 is 1.79. The molecule has 0 radical (unpaired) electrons. The van der Waals surface area contributed by atoms with Gasteiger partial charge in [-0.3, -0.25) is 0 Å². The van der Waals surface area contributed by atoms with Gasteiger partial charge in [0, 0.05) is 17.5 Å². The largest absolute Gasteiger partial charge is 0.479 e. The van der Waals surface area contributed by atoms with E-state index in [0.717, 1.165) is 18.7 Å². The molecule has 0 amide bonds. The number of nitriles is 1. The van der Waals surface area contributed by atoms with Gasteiger partial charge in [-0.2, -0.15) is 5.26 Å². The Bertz CT molecular complexity index is 560. The molecule has 0 bridgehead atoms. The van der Waals surface area contributed by atoms with Crippen molar-refractivity contribution in [2.75, 3.05) is 6.61 Å². The highest BCUT2D eigenvalue weighted by Crippen LogP contribution is 2.14. The molecule has 0 fully saturated rings. The second-order valence-electron chi connectivity index (χ2n) is 4.66. The van der Waals surface area contributed by atoms with Gasteiger partial charge in [-0.25, -0.2) is 0 Å². The summed E-state index contributed by atoms with van der Waals surface area (Å²) in [7, 11) is 0. The zero-order chi connectivity index (χ0) is 14.2. The molecule has 3 nitrogen and oxygen atoms in total. The maximum Gasteiger partial charge on any atom is 0.174 e. The van der Waals surface area contributed by atoms with Crippen molar-refractivity contribution in [3.8, 4) is 11.8 Å². The molecule has 0 aliphatic heterocycles. The molecule has 1 aromatic heterocycles. The number of hydrogen-bond acceptors (Lipinski definition) is 4. The van der Waals surface area contributed by atoms with E-state index in [1.165, 1.54) is 10.4 Å². The Labute approximate surface area is 123 Å². The number of hydrogen-bond donors (Lipinski definition) is 1. The lowest BCUT2D eigenvalue weighted by Gasteiger charge is -2.13. The van der Waals surface area contributed by atoms with Gasteiger partial charge in [-0.1, -0.05) is 18.2 Å². The maximum absolute atomic E-state index is 8.51. The highest BCUT2D eigenvalue weighted by molar-refractivity contribution is 7.09. The summed E-state index contributed by atoms with van der Waals surface area (Å²) in [4.78, 5) is 1.40. The number of benzene rings is 1. The van der Waals surface area contributed by atoms with Gasteiger partial charge in [0.15, 0.2) is 6.61 Å². The van der Waals surface area contributed by atoms with Crippen LogP contribution in [0.25, 0.3) is 0 Å². The van der Waals surface area contributed by atoms with E-state index in [1.807, 2.05) is 24.3 Å². The minimum absolute atomic E-state index is 0.0890. The van der Waals surface area contributed by atoms with Crippen molar-refractivity contribution in [2.45, 2.75) is 25.9 Å². The van der Waals surface area contributed by atoms with E-state index < -0.39 is 0 Å². The molecule has 104 valence electrons. The first kappa shape index (κ1) is 14.6. The maximum atomic E-state index is 8.51. The van der Waals surface area contributed by atoms with E-state index in [9.17, 15) is 0 Å². The van der Waals surface area contributed by atoms with Crippen LogP contribution >= 0.6 is 11.3 Å². The second kappa shape index (κ2) is 7.68. The number of nitrogens with one attached hydrogen (secondary N) is 1. The van der Waals surface area contributed by atoms with Crippen molar-refractivity contribution >= 4 is 11.3 Å². The molecular formula is C16H18N2OS. The van der Waals surface area contributed by atoms with Crippen LogP contribution in [-0.4, -0.2) is 12.6 Å². The molecule has 2 aromatic rings. The standard InChI is InChI=1S/C16H18N2OS/c1-13(10-16-6-3-9-20-16)18-12-14-4-2-5-15(11-14)19-8-7-17/h2-6,9,11,13,18H,8,10,12H2,1H3. The van der Waals surface area contributed by atoms with E-state index in [4.69, 9.17) is 10.00 Å². The predicted octanol–water partition coefficient (Wildman–Crippen LogP) is 3.37. The molecule has 1 unspecified atom stereocenters. The fraction of sp³-hybridized carbons (Fsp3) is 0.312. The Balaban J connectivity index is 1.82. The van der Waals surface area contributed by atoms with Crippen molar-refractivity contribution < 1.29 is 4.74 Å². The summed E-state index contributed by atoms with van der Waals surface area (Å²) in [6, 6.07) is 14.5. The predicted molar refractivity (Wildman–Crippen MR) is 81.9 cm³/mol. The molecule has 2 rings (SSSR count). The Morgan fingerprint density at radius 3 is 3.00 bits per heavy atom. The fourth-order valence-electron chi connectivity index (χ4n) is 1.96. The molecule has 20 heavy (non-hydrogen) atoms. The van der Waals surface area contributed by atoms with Gasteiger partial charge in [-0.15, -0.1) is 11.3 Å². The van der Waals surface area contributed by atoms with Crippen LogP contribution in [0.3, 0.4) is 0 Å². The van der Waals surface area contributed by atoms with E-state index >= 15 is 0 Å². The molecule has 1 aromatic carbocycles. The summed E-state index contributed by atoms with van der Waals surface area (Å²) in [6.07, 6.45) is 1.04. The first-order valence-electron chi connectivity index (χ1n) is 6.62. The quantitative estimate of drug-likeness (QED) is 0.848. The summed E-state index contributed by atoms with van der Waals surface area (Å²) in [6.45, 7) is 3.08. The van der Waals surface area contributed by atoms with Crippen LogP contribution in [0.5, 0.6) is 5.75 Å². The number of rotatable bonds is 7. The Morgan fingerprint density at radius 1 is 1.35 bits per heavy atom. The van der Waals surface area contributed by atoms with Crippen LogP contribution < -0.4 is 10.1 Å². The summed E-state index contributed by atoms with van der Waals surface area (Å²) in [5.41, 5.74) is 1.17.